The van der Waals surface area contributed by atoms with Crippen molar-refractivity contribution in [1.82, 2.24) is 19.7 Å². The fourth-order valence-corrected chi connectivity index (χ4v) is 1.67. The number of rotatable bonds is 3. The molecule has 0 fully saturated rings. The number of likely N-dealkylation sites (N-methyl/N-ethyl adjacent to an activating group) is 1. The van der Waals surface area contributed by atoms with Gasteiger partial charge in [-0.1, -0.05) is 0 Å². The predicted octanol–water partition coefficient (Wildman–Crippen LogP) is 0.748. The molecule has 5 heteroatoms. The highest BCUT2D eigenvalue weighted by molar-refractivity contribution is 5.96. The number of aromatic nitrogens is 3. The van der Waals surface area contributed by atoms with E-state index in [1.807, 2.05) is 24.3 Å². The van der Waals surface area contributed by atoms with Crippen molar-refractivity contribution in [1.29, 1.82) is 0 Å². The number of hydrogen-bond donors (Lipinski definition) is 1. The van der Waals surface area contributed by atoms with E-state index in [-0.39, 0.29) is 5.78 Å². The lowest BCUT2D eigenvalue weighted by atomic mass is 10.3. The van der Waals surface area contributed by atoms with Crippen LogP contribution >= 0.6 is 0 Å². The van der Waals surface area contributed by atoms with Gasteiger partial charge in [0.2, 0.25) is 0 Å². The minimum atomic E-state index is -0.0109. The highest BCUT2D eigenvalue weighted by atomic mass is 16.1. The minimum Gasteiger partial charge on any atom is -0.313 e. The van der Waals surface area contributed by atoms with Gasteiger partial charge in [0, 0.05) is 18.0 Å². The van der Waals surface area contributed by atoms with Crippen LogP contribution < -0.4 is 5.32 Å². The zero-order valence-corrected chi connectivity index (χ0v) is 9.61. The lowest BCUT2D eigenvalue weighted by Crippen LogP contribution is -2.18. The summed E-state index contributed by atoms with van der Waals surface area (Å²) in [4.78, 5) is 20.3. The van der Waals surface area contributed by atoms with E-state index in [4.69, 9.17) is 0 Å². The normalized spacial score (nSPS) is 10.9. The molecule has 0 radical (unpaired) electrons. The molecule has 2 aromatic rings. The number of imidazole rings is 1. The van der Waals surface area contributed by atoms with Crippen molar-refractivity contribution in [3.63, 3.8) is 0 Å². The largest absolute Gasteiger partial charge is 0.313 e. The summed E-state index contributed by atoms with van der Waals surface area (Å²) >= 11 is 0. The number of carbonyl (C=O) groups excluding carboxylic acids is 1. The van der Waals surface area contributed by atoms with Crippen LogP contribution in [0.15, 0.2) is 12.3 Å². The molecule has 0 aliphatic carbocycles. The molecule has 16 heavy (non-hydrogen) atoms. The Hall–Kier alpha value is -1.75. The monoisotopic (exact) mass is 218 g/mol. The van der Waals surface area contributed by atoms with E-state index in [1.165, 1.54) is 0 Å². The number of ketones is 1. The van der Waals surface area contributed by atoms with Gasteiger partial charge in [0.1, 0.15) is 17.2 Å². The van der Waals surface area contributed by atoms with Crippen LogP contribution in [0.5, 0.6) is 0 Å². The average molecular weight is 218 g/mol. The molecule has 2 aromatic heterocycles. The third-order valence-corrected chi connectivity index (χ3v) is 2.38. The third-order valence-electron chi connectivity index (χ3n) is 2.38. The molecule has 0 aromatic carbocycles. The quantitative estimate of drug-likeness (QED) is 0.772. The topological polar surface area (TPSA) is 59.3 Å². The van der Waals surface area contributed by atoms with E-state index >= 15 is 0 Å². The van der Waals surface area contributed by atoms with E-state index in [2.05, 4.69) is 15.3 Å². The standard InChI is InChI=1S/C11H14N4O/c1-7-4-11-14-9(10(16)5-12-3)6-15(11)8(2)13-7/h4,6,12H,5H2,1-3H3. The number of aryl methyl sites for hydroxylation is 2. The fraction of sp³-hybridized carbons (Fsp3) is 0.364. The van der Waals surface area contributed by atoms with Crippen LogP contribution in [-0.4, -0.2) is 33.7 Å². The molecule has 0 aliphatic heterocycles. The molecule has 0 atom stereocenters. The van der Waals surface area contributed by atoms with Crippen molar-refractivity contribution in [3.05, 3.63) is 29.5 Å². The van der Waals surface area contributed by atoms with Crippen LogP contribution in [0.25, 0.3) is 5.65 Å². The molecule has 2 heterocycles. The fourth-order valence-electron chi connectivity index (χ4n) is 1.67. The zero-order chi connectivity index (χ0) is 11.7. The Morgan fingerprint density at radius 1 is 1.44 bits per heavy atom. The number of Topliss-reactive ketones (excluding diaryl/α,β-unsaturated/α-hetero) is 1. The lowest BCUT2D eigenvalue weighted by molar-refractivity contribution is 0.0989. The van der Waals surface area contributed by atoms with Crippen LogP contribution in [0.4, 0.5) is 0 Å². The molecular weight excluding hydrogens is 204 g/mol. The summed E-state index contributed by atoms with van der Waals surface area (Å²) in [6.07, 6.45) is 1.73. The predicted molar refractivity (Wildman–Crippen MR) is 60.7 cm³/mol. The van der Waals surface area contributed by atoms with Crippen molar-refractivity contribution < 1.29 is 4.79 Å². The van der Waals surface area contributed by atoms with Gasteiger partial charge in [-0.15, -0.1) is 0 Å². The molecule has 0 saturated carbocycles. The van der Waals surface area contributed by atoms with E-state index in [1.54, 1.807) is 13.2 Å². The van der Waals surface area contributed by atoms with Gasteiger partial charge in [-0.05, 0) is 20.9 Å². The maximum atomic E-state index is 11.7. The van der Waals surface area contributed by atoms with Crippen molar-refractivity contribution >= 4 is 11.4 Å². The number of nitrogens with zero attached hydrogens (tertiary/aromatic N) is 3. The Labute approximate surface area is 93.5 Å². The number of fused-ring (bicyclic) bond motifs is 1. The van der Waals surface area contributed by atoms with E-state index in [0.717, 1.165) is 17.2 Å². The van der Waals surface area contributed by atoms with Gasteiger partial charge >= 0.3 is 0 Å². The van der Waals surface area contributed by atoms with Crippen LogP contribution in [0, 0.1) is 13.8 Å². The smallest absolute Gasteiger partial charge is 0.196 e. The van der Waals surface area contributed by atoms with Gasteiger partial charge in [0.05, 0.1) is 6.54 Å². The Balaban J connectivity index is 2.51. The van der Waals surface area contributed by atoms with Crippen LogP contribution in [-0.2, 0) is 0 Å². The second kappa shape index (κ2) is 4.02. The lowest BCUT2D eigenvalue weighted by Gasteiger charge is -1.98. The van der Waals surface area contributed by atoms with E-state index in [9.17, 15) is 4.79 Å². The molecule has 84 valence electrons. The summed E-state index contributed by atoms with van der Waals surface area (Å²) in [5, 5.41) is 2.82. The Bertz CT molecular complexity index is 544. The summed E-state index contributed by atoms with van der Waals surface area (Å²) in [5.74, 6) is 0.828. The second-order valence-electron chi connectivity index (χ2n) is 3.75. The first-order valence-electron chi connectivity index (χ1n) is 5.13. The molecule has 1 N–H and O–H groups in total. The maximum absolute atomic E-state index is 11.7. The summed E-state index contributed by atoms with van der Waals surface area (Å²) in [5.41, 5.74) is 2.15. The average Bonchev–Trinajstić information content (AvgIpc) is 2.62. The molecule has 0 amide bonds. The first kappa shape index (κ1) is 10.8. The molecule has 0 unspecified atom stereocenters. The zero-order valence-electron chi connectivity index (χ0n) is 9.61. The van der Waals surface area contributed by atoms with Gasteiger partial charge in [-0.3, -0.25) is 9.20 Å². The molecule has 5 nitrogen and oxygen atoms in total. The number of hydrogen-bond acceptors (Lipinski definition) is 4. The molecule has 0 bridgehead atoms. The van der Waals surface area contributed by atoms with Gasteiger partial charge in [-0.25, -0.2) is 9.97 Å². The van der Waals surface area contributed by atoms with Crippen molar-refractivity contribution in [3.8, 4) is 0 Å². The molecule has 2 rings (SSSR count). The molecule has 0 spiro atoms. The summed E-state index contributed by atoms with van der Waals surface area (Å²) < 4.78 is 1.83. The molecular formula is C11H14N4O. The first-order valence-corrected chi connectivity index (χ1v) is 5.13. The van der Waals surface area contributed by atoms with Gasteiger partial charge < -0.3 is 5.32 Å². The Morgan fingerprint density at radius 2 is 2.19 bits per heavy atom. The molecule has 0 aliphatic rings. The summed E-state index contributed by atoms with van der Waals surface area (Å²) in [6, 6.07) is 1.86. The van der Waals surface area contributed by atoms with Crippen LogP contribution in [0.2, 0.25) is 0 Å². The van der Waals surface area contributed by atoms with Crippen molar-refractivity contribution in [2.45, 2.75) is 13.8 Å². The maximum Gasteiger partial charge on any atom is 0.196 e. The second-order valence-corrected chi connectivity index (χ2v) is 3.75. The Kier molecular flexibility index (Phi) is 2.70. The van der Waals surface area contributed by atoms with E-state index in [0.29, 0.717) is 12.2 Å². The van der Waals surface area contributed by atoms with Crippen LogP contribution in [0.3, 0.4) is 0 Å². The van der Waals surface area contributed by atoms with E-state index < -0.39 is 0 Å². The van der Waals surface area contributed by atoms with Gasteiger partial charge in [0.15, 0.2) is 5.78 Å². The van der Waals surface area contributed by atoms with Crippen molar-refractivity contribution in [2.75, 3.05) is 13.6 Å². The number of carbonyl (C=O) groups is 1. The minimum absolute atomic E-state index is 0.0109. The van der Waals surface area contributed by atoms with Crippen molar-refractivity contribution in [2.24, 2.45) is 0 Å². The van der Waals surface area contributed by atoms with Gasteiger partial charge in [0.25, 0.3) is 0 Å². The highest BCUT2D eigenvalue weighted by Gasteiger charge is 2.11. The third kappa shape index (κ3) is 1.81. The van der Waals surface area contributed by atoms with Crippen LogP contribution in [0.1, 0.15) is 22.0 Å². The SMILES string of the molecule is CNCC(=O)c1cn2c(C)nc(C)cc2n1. The summed E-state index contributed by atoms with van der Waals surface area (Å²) in [6.45, 7) is 4.11. The summed E-state index contributed by atoms with van der Waals surface area (Å²) in [7, 11) is 1.74. The first-order chi connectivity index (χ1) is 7.61. The number of nitrogens with one attached hydrogen (secondary N) is 1. The Morgan fingerprint density at radius 3 is 2.88 bits per heavy atom. The highest BCUT2D eigenvalue weighted by Crippen LogP contribution is 2.09. The van der Waals surface area contributed by atoms with Gasteiger partial charge in [-0.2, -0.15) is 0 Å². The molecule has 0 saturated heterocycles.